The van der Waals surface area contributed by atoms with Crippen LogP contribution in [-0.2, 0) is 4.74 Å². The summed E-state index contributed by atoms with van der Waals surface area (Å²) in [5, 5.41) is 2.02. The highest BCUT2D eigenvalue weighted by Crippen LogP contribution is 2.38. The van der Waals surface area contributed by atoms with Crippen molar-refractivity contribution < 1.29 is 9.53 Å². The Morgan fingerprint density at radius 2 is 1.90 bits per heavy atom. The van der Waals surface area contributed by atoms with E-state index in [0.717, 1.165) is 16.3 Å². The zero-order valence-electron chi connectivity index (χ0n) is 11.4. The molecule has 0 radical (unpaired) electrons. The quantitative estimate of drug-likeness (QED) is 0.811. The molecule has 1 fully saturated rings. The molecule has 1 aliphatic rings. The molecule has 0 aliphatic carbocycles. The van der Waals surface area contributed by atoms with Gasteiger partial charge in [-0.15, -0.1) is 11.3 Å². The third-order valence-electron chi connectivity index (χ3n) is 3.22. The van der Waals surface area contributed by atoms with Crippen molar-refractivity contribution in [1.82, 2.24) is 0 Å². The lowest BCUT2D eigenvalue weighted by atomic mass is 10.0. The SMILES string of the molecule is CC1(C)OC(=O)N(c2ccccc2)/C1=C\c1cccs1. The summed E-state index contributed by atoms with van der Waals surface area (Å²) in [5.74, 6) is 0. The van der Waals surface area contributed by atoms with Gasteiger partial charge in [0.25, 0.3) is 0 Å². The van der Waals surface area contributed by atoms with E-state index >= 15 is 0 Å². The number of ether oxygens (including phenoxy) is 1. The van der Waals surface area contributed by atoms with E-state index in [9.17, 15) is 4.79 Å². The molecule has 2 aromatic rings. The van der Waals surface area contributed by atoms with Gasteiger partial charge in [-0.1, -0.05) is 24.3 Å². The zero-order chi connectivity index (χ0) is 14.2. The van der Waals surface area contributed by atoms with Crippen molar-refractivity contribution in [3.05, 3.63) is 58.4 Å². The molecule has 1 aromatic heterocycles. The van der Waals surface area contributed by atoms with Gasteiger partial charge in [0.15, 0.2) is 0 Å². The molecule has 1 amide bonds. The van der Waals surface area contributed by atoms with Crippen LogP contribution in [0.5, 0.6) is 0 Å². The molecule has 20 heavy (non-hydrogen) atoms. The van der Waals surface area contributed by atoms with Crippen LogP contribution in [0.4, 0.5) is 10.5 Å². The molecule has 3 nitrogen and oxygen atoms in total. The molecular formula is C16H15NO2S. The molecule has 1 saturated heterocycles. The first-order chi connectivity index (χ1) is 9.58. The van der Waals surface area contributed by atoms with E-state index in [-0.39, 0.29) is 6.09 Å². The smallest absolute Gasteiger partial charge is 0.419 e. The minimum absolute atomic E-state index is 0.330. The van der Waals surface area contributed by atoms with E-state index in [4.69, 9.17) is 4.74 Å². The first kappa shape index (κ1) is 12.9. The van der Waals surface area contributed by atoms with Gasteiger partial charge in [0.1, 0.15) is 5.60 Å². The molecule has 102 valence electrons. The molecular weight excluding hydrogens is 270 g/mol. The molecule has 0 N–H and O–H groups in total. The topological polar surface area (TPSA) is 29.5 Å². The summed E-state index contributed by atoms with van der Waals surface area (Å²) in [6, 6.07) is 13.6. The van der Waals surface area contributed by atoms with Crippen molar-refractivity contribution in [2.24, 2.45) is 0 Å². The highest BCUT2D eigenvalue weighted by atomic mass is 32.1. The van der Waals surface area contributed by atoms with E-state index in [1.54, 1.807) is 16.2 Å². The predicted molar refractivity (Wildman–Crippen MR) is 81.8 cm³/mol. The van der Waals surface area contributed by atoms with Crippen LogP contribution in [0.25, 0.3) is 6.08 Å². The summed E-state index contributed by atoms with van der Waals surface area (Å²) >= 11 is 1.64. The number of nitrogens with zero attached hydrogens (tertiary/aromatic N) is 1. The van der Waals surface area contributed by atoms with Gasteiger partial charge in [0.05, 0.1) is 11.4 Å². The minimum atomic E-state index is -0.628. The van der Waals surface area contributed by atoms with Crippen LogP contribution in [0, 0.1) is 0 Å². The van der Waals surface area contributed by atoms with Crippen molar-refractivity contribution in [1.29, 1.82) is 0 Å². The second kappa shape index (κ2) is 4.80. The van der Waals surface area contributed by atoms with Gasteiger partial charge in [-0.3, -0.25) is 0 Å². The van der Waals surface area contributed by atoms with Gasteiger partial charge >= 0.3 is 6.09 Å². The van der Waals surface area contributed by atoms with E-state index in [1.165, 1.54) is 0 Å². The first-order valence-corrected chi connectivity index (χ1v) is 7.30. The molecule has 3 rings (SSSR count). The van der Waals surface area contributed by atoms with E-state index < -0.39 is 5.60 Å². The Kier molecular flexibility index (Phi) is 3.10. The zero-order valence-corrected chi connectivity index (χ0v) is 12.2. The summed E-state index contributed by atoms with van der Waals surface area (Å²) in [6.07, 6.45) is 1.69. The van der Waals surface area contributed by atoms with Crippen molar-refractivity contribution in [3.8, 4) is 0 Å². The fourth-order valence-corrected chi connectivity index (χ4v) is 2.90. The molecule has 2 heterocycles. The minimum Gasteiger partial charge on any atom is -0.436 e. The number of para-hydroxylation sites is 1. The standard InChI is InChI=1S/C16H15NO2S/c1-16(2)14(11-13-9-6-10-20-13)17(15(18)19-16)12-7-4-3-5-8-12/h3-11H,1-2H3/b14-11-. The Hall–Kier alpha value is -2.07. The summed E-state index contributed by atoms with van der Waals surface area (Å²) in [6.45, 7) is 3.82. The van der Waals surface area contributed by atoms with Crippen LogP contribution in [0.1, 0.15) is 18.7 Å². The number of carbonyl (C=O) groups excluding carboxylic acids is 1. The molecule has 0 spiro atoms. The number of hydrogen-bond donors (Lipinski definition) is 0. The Morgan fingerprint density at radius 3 is 2.55 bits per heavy atom. The number of thiophene rings is 1. The summed E-state index contributed by atoms with van der Waals surface area (Å²) < 4.78 is 5.50. The Labute approximate surface area is 122 Å². The van der Waals surface area contributed by atoms with Gasteiger partial charge in [0, 0.05) is 4.88 Å². The summed E-state index contributed by atoms with van der Waals surface area (Å²) in [4.78, 5) is 14.9. The molecule has 0 atom stereocenters. The van der Waals surface area contributed by atoms with Gasteiger partial charge in [-0.05, 0) is 43.5 Å². The maximum Gasteiger partial charge on any atom is 0.419 e. The van der Waals surface area contributed by atoms with Crippen LogP contribution in [-0.4, -0.2) is 11.7 Å². The second-order valence-electron chi connectivity index (χ2n) is 5.09. The third kappa shape index (κ3) is 2.23. The van der Waals surface area contributed by atoms with Gasteiger partial charge in [-0.2, -0.15) is 0 Å². The van der Waals surface area contributed by atoms with Crippen molar-refractivity contribution in [2.45, 2.75) is 19.4 Å². The van der Waals surface area contributed by atoms with Crippen molar-refractivity contribution >= 4 is 29.2 Å². The molecule has 4 heteroatoms. The monoisotopic (exact) mass is 285 g/mol. The van der Waals surface area contributed by atoms with Crippen LogP contribution in [0.2, 0.25) is 0 Å². The fourth-order valence-electron chi connectivity index (χ4n) is 2.25. The van der Waals surface area contributed by atoms with Gasteiger partial charge in [0.2, 0.25) is 0 Å². The fraction of sp³-hybridized carbons (Fsp3) is 0.188. The number of anilines is 1. The molecule has 1 aromatic carbocycles. The van der Waals surface area contributed by atoms with Crippen LogP contribution < -0.4 is 4.90 Å². The lowest BCUT2D eigenvalue weighted by Gasteiger charge is -2.20. The van der Waals surface area contributed by atoms with E-state index in [2.05, 4.69) is 0 Å². The lowest BCUT2D eigenvalue weighted by molar-refractivity contribution is 0.0990. The number of carbonyl (C=O) groups is 1. The highest BCUT2D eigenvalue weighted by molar-refractivity contribution is 7.10. The Morgan fingerprint density at radius 1 is 1.15 bits per heavy atom. The maximum absolute atomic E-state index is 12.2. The number of amides is 1. The highest BCUT2D eigenvalue weighted by Gasteiger charge is 2.43. The summed E-state index contributed by atoms with van der Waals surface area (Å²) in [7, 11) is 0. The van der Waals surface area contributed by atoms with Crippen LogP contribution in [0.3, 0.4) is 0 Å². The molecule has 0 unspecified atom stereocenters. The average Bonchev–Trinajstić information content (AvgIpc) is 2.98. The lowest BCUT2D eigenvalue weighted by Crippen LogP contribution is -2.25. The van der Waals surface area contributed by atoms with Gasteiger partial charge in [-0.25, -0.2) is 9.69 Å². The van der Waals surface area contributed by atoms with Crippen molar-refractivity contribution in [3.63, 3.8) is 0 Å². The van der Waals surface area contributed by atoms with Crippen molar-refractivity contribution in [2.75, 3.05) is 4.90 Å². The number of benzene rings is 1. The van der Waals surface area contributed by atoms with Gasteiger partial charge < -0.3 is 4.74 Å². The molecule has 0 saturated carbocycles. The normalized spacial score (nSPS) is 19.4. The maximum atomic E-state index is 12.2. The Bertz CT molecular complexity index is 644. The predicted octanol–water partition coefficient (Wildman–Crippen LogP) is 4.52. The number of hydrogen-bond acceptors (Lipinski definition) is 3. The van der Waals surface area contributed by atoms with Crippen LogP contribution in [0.15, 0.2) is 53.5 Å². The molecule has 0 bridgehead atoms. The number of cyclic esters (lactones) is 1. The second-order valence-corrected chi connectivity index (χ2v) is 6.07. The first-order valence-electron chi connectivity index (χ1n) is 6.42. The largest absolute Gasteiger partial charge is 0.436 e. The Balaban J connectivity index is 2.09. The van der Waals surface area contributed by atoms with Crippen LogP contribution >= 0.6 is 11.3 Å². The third-order valence-corrected chi connectivity index (χ3v) is 4.04. The average molecular weight is 285 g/mol. The molecule has 1 aliphatic heterocycles. The number of rotatable bonds is 2. The summed E-state index contributed by atoms with van der Waals surface area (Å²) in [5.41, 5.74) is 1.05. The van der Waals surface area contributed by atoms with E-state index in [0.29, 0.717) is 0 Å². The van der Waals surface area contributed by atoms with E-state index in [1.807, 2.05) is 67.8 Å².